The Bertz CT molecular complexity index is 804. The summed E-state index contributed by atoms with van der Waals surface area (Å²) in [5.41, 5.74) is 3.26. The normalized spacial score (nSPS) is 10.4. The summed E-state index contributed by atoms with van der Waals surface area (Å²) in [5, 5.41) is 14.9. The van der Waals surface area contributed by atoms with Crippen LogP contribution >= 0.6 is 11.8 Å². The lowest BCUT2D eigenvalue weighted by atomic mass is 10.2. The number of hydrogen-bond acceptors (Lipinski definition) is 4. The molecule has 3 aromatic rings. The lowest BCUT2D eigenvalue weighted by Crippen LogP contribution is -2.02. The Kier molecular flexibility index (Phi) is 4.22. The van der Waals surface area contributed by atoms with Crippen LogP contribution in [-0.2, 0) is 5.75 Å². The molecular weight excluding hydrogens is 292 g/mol. The Hall–Kier alpha value is -2.58. The highest BCUT2D eigenvalue weighted by Gasteiger charge is 2.16. The van der Waals surface area contributed by atoms with Gasteiger partial charge in [0.1, 0.15) is 6.07 Å². The fourth-order valence-corrected chi connectivity index (χ4v) is 3.07. The van der Waals surface area contributed by atoms with Crippen molar-refractivity contribution in [3.05, 3.63) is 71.7 Å². The summed E-state index contributed by atoms with van der Waals surface area (Å²) in [7, 11) is 0. The van der Waals surface area contributed by atoms with E-state index in [1.165, 1.54) is 0 Å². The SMILES string of the molecule is Cc1nn(-c2ccccc2)c(CSc2ccccn2)c1C#N. The second kappa shape index (κ2) is 6.46. The Morgan fingerprint density at radius 2 is 1.91 bits per heavy atom. The largest absolute Gasteiger partial charge is 0.250 e. The lowest BCUT2D eigenvalue weighted by molar-refractivity contribution is 0.828. The average molecular weight is 306 g/mol. The van der Waals surface area contributed by atoms with Crippen LogP contribution in [0.4, 0.5) is 0 Å². The monoisotopic (exact) mass is 306 g/mol. The molecule has 0 saturated carbocycles. The van der Waals surface area contributed by atoms with Crippen molar-refractivity contribution in [1.82, 2.24) is 14.8 Å². The number of aromatic nitrogens is 3. The Morgan fingerprint density at radius 1 is 1.14 bits per heavy atom. The molecule has 0 aliphatic carbocycles. The minimum Gasteiger partial charge on any atom is -0.250 e. The first-order valence-electron chi connectivity index (χ1n) is 6.87. The first kappa shape index (κ1) is 14.4. The van der Waals surface area contributed by atoms with Crippen molar-refractivity contribution in [3.8, 4) is 11.8 Å². The van der Waals surface area contributed by atoms with Crippen LogP contribution in [0.2, 0.25) is 0 Å². The molecule has 0 spiro atoms. The van der Waals surface area contributed by atoms with Gasteiger partial charge >= 0.3 is 0 Å². The molecule has 0 atom stereocenters. The van der Waals surface area contributed by atoms with Gasteiger partial charge in [0.2, 0.25) is 0 Å². The van der Waals surface area contributed by atoms with Gasteiger partial charge in [-0.2, -0.15) is 10.4 Å². The number of aryl methyl sites for hydroxylation is 1. The first-order chi connectivity index (χ1) is 10.8. The highest BCUT2D eigenvalue weighted by atomic mass is 32.2. The number of hydrogen-bond donors (Lipinski definition) is 0. The van der Waals surface area contributed by atoms with Crippen molar-refractivity contribution >= 4 is 11.8 Å². The van der Waals surface area contributed by atoms with Crippen LogP contribution in [0, 0.1) is 18.3 Å². The zero-order valence-electron chi connectivity index (χ0n) is 12.1. The van der Waals surface area contributed by atoms with Crippen molar-refractivity contribution in [3.63, 3.8) is 0 Å². The average Bonchev–Trinajstić information content (AvgIpc) is 2.90. The molecule has 22 heavy (non-hydrogen) atoms. The van der Waals surface area contributed by atoms with Crippen LogP contribution in [0.5, 0.6) is 0 Å². The molecule has 4 nitrogen and oxygen atoms in total. The van der Waals surface area contributed by atoms with Crippen LogP contribution in [-0.4, -0.2) is 14.8 Å². The third-order valence-electron chi connectivity index (χ3n) is 3.26. The molecule has 0 bridgehead atoms. The van der Waals surface area contributed by atoms with Gasteiger partial charge in [-0.25, -0.2) is 9.67 Å². The molecule has 0 amide bonds. The quantitative estimate of drug-likeness (QED) is 0.689. The van der Waals surface area contributed by atoms with Crippen LogP contribution in [0.15, 0.2) is 59.8 Å². The van der Waals surface area contributed by atoms with Crippen molar-refractivity contribution in [2.45, 2.75) is 17.7 Å². The minimum absolute atomic E-state index is 0.646. The van der Waals surface area contributed by atoms with E-state index in [0.29, 0.717) is 11.3 Å². The van der Waals surface area contributed by atoms with Crippen molar-refractivity contribution in [2.24, 2.45) is 0 Å². The van der Waals surface area contributed by atoms with Gasteiger partial charge in [0.15, 0.2) is 0 Å². The van der Waals surface area contributed by atoms with Crippen LogP contribution in [0.1, 0.15) is 17.0 Å². The Balaban J connectivity index is 1.97. The molecule has 0 radical (unpaired) electrons. The Morgan fingerprint density at radius 3 is 2.59 bits per heavy atom. The van der Waals surface area contributed by atoms with E-state index in [-0.39, 0.29) is 0 Å². The number of rotatable bonds is 4. The maximum atomic E-state index is 9.43. The zero-order chi connectivity index (χ0) is 15.4. The molecule has 2 aromatic heterocycles. The molecule has 2 heterocycles. The molecular formula is C17H14N4S. The fraction of sp³-hybridized carbons (Fsp3) is 0.118. The maximum Gasteiger partial charge on any atom is 0.103 e. The van der Waals surface area contributed by atoms with E-state index >= 15 is 0 Å². The molecule has 1 aromatic carbocycles. The number of para-hydroxylation sites is 1. The smallest absolute Gasteiger partial charge is 0.103 e. The highest BCUT2D eigenvalue weighted by Crippen LogP contribution is 2.26. The highest BCUT2D eigenvalue weighted by molar-refractivity contribution is 7.98. The summed E-state index contributed by atoms with van der Waals surface area (Å²) in [5.74, 6) is 0.648. The van der Waals surface area contributed by atoms with Gasteiger partial charge in [0, 0.05) is 11.9 Å². The third-order valence-corrected chi connectivity index (χ3v) is 4.22. The number of nitrogens with zero attached hydrogens (tertiary/aromatic N) is 4. The molecule has 0 saturated heterocycles. The molecule has 0 fully saturated rings. The van der Waals surface area contributed by atoms with Crippen LogP contribution in [0.3, 0.4) is 0 Å². The summed E-state index contributed by atoms with van der Waals surface area (Å²) < 4.78 is 1.85. The van der Waals surface area contributed by atoms with Crippen LogP contribution in [0.25, 0.3) is 5.69 Å². The van der Waals surface area contributed by atoms with E-state index in [9.17, 15) is 5.26 Å². The third kappa shape index (κ3) is 2.87. The number of thioether (sulfide) groups is 1. The summed E-state index contributed by atoms with van der Waals surface area (Å²) in [6, 6.07) is 18.0. The van der Waals surface area contributed by atoms with Gasteiger partial charge in [-0.15, -0.1) is 0 Å². The predicted molar refractivity (Wildman–Crippen MR) is 86.8 cm³/mol. The molecule has 5 heteroatoms. The van der Waals surface area contributed by atoms with Gasteiger partial charge < -0.3 is 0 Å². The van der Waals surface area contributed by atoms with Crippen molar-refractivity contribution in [2.75, 3.05) is 0 Å². The molecule has 0 aliphatic rings. The van der Waals surface area contributed by atoms with Crippen LogP contribution < -0.4 is 0 Å². The summed E-state index contributed by atoms with van der Waals surface area (Å²) >= 11 is 1.60. The van der Waals surface area contributed by atoms with E-state index in [1.807, 2.05) is 60.1 Å². The first-order valence-corrected chi connectivity index (χ1v) is 7.86. The second-order valence-corrected chi connectivity index (χ2v) is 5.72. The topological polar surface area (TPSA) is 54.5 Å². The minimum atomic E-state index is 0.646. The molecule has 3 rings (SSSR count). The molecule has 0 unspecified atom stereocenters. The zero-order valence-corrected chi connectivity index (χ0v) is 12.9. The van der Waals surface area contributed by atoms with Gasteiger partial charge in [0.05, 0.1) is 27.7 Å². The number of pyridine rings is 1. The predicted octanol–water partition coefficient (Wildman–Crippen LogP) is 3.74. The standard InChI is InChI=1S/C17H14N4S/c1-13-15(11-18)16(12-22-17-9-5-6-10-19-17)21(20-13)14-7-3-2-4-8-14/h2-10H,12H2,1H3. The van der Waals surface area contributed by atoms with E-state index < -0.39 is 0 Å². The van der Waals surface area contributed by atoms with Crippen molar-refractivity contribution < 1.29 is 0 Å². The van der Waals surface area contributed by atoms with E-state index in [2.05, 4.69) is 16.2 Å². The summed E-state index contributed by atoms with van der Waals surface area (Å²) in [4.78, 5) is 4.31. The second-order valence-electron chi connectivity index (χ2n) is 4.72. The van der Waals surface area contributed by atoms with Gasteiger partial charge in [-0.3, -0.25) is 0 Å². The Labute approximate surface area is 133 Å². The lowest BCUT2D eigenvalue weighted by Gasteiger charge is -2.07. The van der Waals surface area contributed by atoms with Gasteiger partial charge in [-0.05, 0) is 31.2 Å². The molecule has 0 aliphatic heterocycles. The summed E-state index contributed by atoms with van der Waals surface area (Å²) in [6.45, 7) is 1.87. The van der Waals surface area contributed by atoms with Gasteiger partial charge in [0.25, 0.3) is 0 Å². The molecule has 108 valence electrons. The van der Waals surface area contributed by atoms with E-state index in [1.54, 1.807) is 18.0 Å². The van der Waals surface area contributed by atoms with E-state index in [0.717, 1.165) is 22.1 Å². The molecule has 0 N–H and O–H groups in total. The summed E-state index contributed by atoms with van der Waals surface area (Å²) in [6.07, 6.45) is 1.77. The van der Waals surface area contributed by atoms with Crippen molar-refractivity contribution in [1.29, 1.82) is 5.26 Å². The number of nitriles is 1. The van der Waals surface area contributed by atoms with Gasteiger partial charge in [-0.1, -0.05) is 36.0 Å². The fourth-order valence-electron chi connectivity index (χ4n) is 2.21. The number of benzene rings is 1. The maximum absolute atomic E-state index is 9.43. The van der Waals surface area contributed by atoms with E-state index in [4.69, 9.17) is 0 Å².